The van der Waals surface area contributed by atoms with Gasteiger partial charge in [0, 0.05) is 36.7 Å². The molecule has 3 aliphatic rings. The second-order valence-electron chi connectivity index (χ2n) is 12.1. The molecular weight excluding hydrogens is 568 g/mol. The van der Waals surface area contributed by atoms with Gasteiger partial charge in [-0.2, -0.15) is 0 Å². The van der Waals surface area contributed by atoms with Crippen LogP contribution >= 0.6 is 0 Å². The lowest BCUT2D eigenvalue weighted by molar-refractivity contribution is -0.153. The number of furan rings is 1. The molecule has 4 atom stereocenters. The van der Waals surface area contributed by atoms with Crippen LogP contribution in [0.15, 0.2) is 62.1 Å². The molecule has 1 fully saturated rings. The average Bonchev–Trinajstić information content (AvgIpc) is 3.58. The molecule has 1 saturated carbocycles. The van der Waals surface area contributed by atoms with Crippen LogP contribution < -0.4 is 10.6 Å². The number of nitrogens with zero attached hydrogens (tertiary/aromatic N) is 3. The van der Waals surface area contributed by atoms with Gasteiger partial charge in [-0.1, -0.05) is 18.2 Å². The molecule has 0 spiro atoms. The summed E-state index contributed by atoms with van der Waals surface area (Å²) in [5, 5.41) is 35.7. The Morgan fingerprint density at radius 3 is 2.48 bits per heavy atom. The maximum absolute atomic E-state index is 14.3. The van der Waals surface area contributed by atoms with Crippen molar-refractivity contribution in [2.45, 2.75) is 24.5 Å². The number of amides is 1. The minimum Gasteiger partial charge on any atom is -0.508 e. The molecule has 44 heavy (non-hydrogen) atoms. The Kier molecular flexibility index (Phi) is 5.88. The highest BCUT2D eigenvalue weighted by atomic mass is 16.4. The van der Waals surface area contributed by atoms with E-state index in [1.165, 1.54) is 4.90 Å². The van der Waals surface area contributed by atoms with Crippen molar-refractivity contribution in [1.82, 2.24) is 9.88 Å². The number of rotatable bonds is 4. The third-order valence-corrected chi connectivity index (χ3v) is 9.20. The first kappa shape index (κ1) is 27.9. The number of carbonyl (C=O) groups is 3. The number of hydrogen-bond acceptors (Lipinski definition) is 11. The van der Waals surface area contributed by atoms with Crippen molar-refractivity contribution in [3.05, 3.63) is 64.4 Å². The molecule has 7 rings (SSSR count). The average molecular weight is 599 g/mol. The van der Waals surface area contributed by atoms with E-state index in [-0.39, 0.29) is 35.5 Å². The number of primary amides is 1. The Labute approximate surface area is 250 Å². The van der Waals surface area contributed by atoms with Crippen LogP contribution in [0.2, 0.25) is 0 Å². The fourth-order valence-corrected chi connectivity index (χ4v) is 7.27. The van der Waals surface area contributed by atoms with E-state index in [1.807, 2.05) is 49.3 Å². The molecule has 1 amide bonds. The summed E-state index contributed by atoms with van der Waals surface area (Å²) in [7, 11) is 6.85. The molecule has 2 aromatic heterocycles. The number of hydrogen-bond donors (Lipinski definition) is 4. The number of aliphatic hydroxyl groups excluding tert-OH is 2. The Balaban J connectivity index is 1.45. The van der Waals surface area contributed by atoms with Crippen molar-refractivity contribution >= 4 is 51.0 Å². The van der Waals surface area contributed by atoms with E-state index in [0.717, 1.165) is 11.1 Å². The van der Waals surface area contributed by atoms with Crippen LogP contribution in [0, 0.1) is 11.8 Å². The van der Waals surface area contributed by atoms with Crippen LogP contribution in [-0.4, -0.2) is 82.5 Å². The zero-order chi connectivity index (χ0) is 31.4. The number of para-hydroxylation sites is 1. The van der Waals surface area contributed by atoms with E-state index in [2.05, 4.69) is 4.98 Å². The van der Waals surface area contributed by atoms with Crippen LogP contribution in [0.3, 0.4) is 0 Å². The molecule has 0 aliphatic heterocycles. The highest BCUT2D eigenvalue weighted by Crippen LogP contribution is 2.53. The third-order valence-electron chi connectivity index (χ3n) is 9.20. The van der Waals surface area contributed by atoms with Crippen molar-refractivity contribution < 1.29 is 38.5 Å². The van der Waals surface area contributed by atoms with Crippen molar-refractivity contribution in [3.63, 3.8) is 0 Å². The summed E-state index contributed by atoms with van der Waals surface area (Å²) in [5.41, 5.74) is 4.75. The van der Waals surface area contributed by atoms with Crippen LogP contribution in [-0.2, 0) is 20.8 Å². The summed E-state index contributed by atoms with van der Waals surface area (Å²) >= 11 is 0. The fraction of sp³-hybridized carbons (Fsp3) is 0.312. The van der Waals surface area contributed by atoms with E-state index in [9.17, 15) is 29.7 Å². The first-order valence-corrected chi connectivity index (χ1v) is 14.1. The molecule has 226 valence electrons. The predicted octanol–water partition coefficient (Wildman–Crippen LogP) is 2.88. The minimum absolute atomic E-state index is 0.0529. The first-order valence-electron chi connectivity index (χ1n) is 14.1. The van der Waals surface area contributed by atoms with Crippen molar-refractivity contribution in [2.24, 2.45) is 17.6 Å². The topological polar surface area (TPSA) is 184 Å². The van der Waals surface area contributed by atoms with Crippen LogP contribution in [0.4, 0.5) is 5.69 Å². The molecule has 2 aromatic carbocycles. The maximum Gasteiger partial charge on any atom is 0.264 e. The van der Waals surface area contributed by atoms with Gasteiger partial charge in [-0.15, -0.1) is 0 Å². The molecule has 2 heterocycles. The molecule has 4 aromatic rings. The summed E-state index contributed by atoms with van der Waals surface area (Å²) < 4.78 is 12.2. The number of nitrogens with two attached hydrogens (primary N) is 1. The number of ketones is 2. The molecule has 5 N–H and O–H groups in total. The second-order valence-corrected chi connectivity index (χ2v) is 12.1. The third kappa shape index (κ3) is 3.58. The molecular formula is C32H30N4O8. The number of likely N-dealkylation sites (N-methyl/N-ethyl adjacent to an activating group) is 1. The zero-order valence-corrected chi connectivity index (χ0v) is 24.4. The smallest absolute Gasteiger partial charge is 0.264 e. The van der Waals surface area contributed by atoms with Gasteiger partial charge in [0.1, 0.15) is 28.2 Å². The molecule has 0 bridgehead atoms. The fourth-order valence-electron chi connectivity index (χ4n) is 7.27. The molecule has 0 unspecified atom stereocenters. The van der Waals surface area contributed by atoms with E-state index >= 15 is 0 Å². The summed E-state index contributed by atoms with van der Waals surface area (Å²) in [6.07, 6.45) is 0.315. The van der Waals surface area contributed by atoms with Crippen LogP contribution in [0.5, 0.6) is 0 Å². The number of aliphatic hydroxyl groups is 3. The van der Waals surface area contributed by atoms with Gasteiger partial charge in [0.2, 0.25) is 5.78 Å². The Hall–Kier alpha value is -4.94. The van der Waals surface area contributed by atoms with Gasteiger partial charge in [0.15, 0.2) is 22.7 Å². The quantitative estimate of drug-likeness (QED) is 0.253. The summed E-state index contributed by atoms with van der Waals surface area (Å²) in [6, 6.07) is 9.97. The highest BCUT2D eigenvalue weighted by Gasteiger charge is 2.64. The highest BCUT2D eigenvalue weighted by molar-refractivity contribution is 6.24. The number of carbonyl (C=O) groups excluding carboxylic acids is 3. The van der Waals surface area contributed by atoms with Crippen LogP contribution in [0.25, 0.3) is 39.5 Å². The summed E-state index contributed by atoms with van der Waals surface area (Å²) in [6.45, 7) is 0. The van der Waals surface area contributed by atoms with Gasteiger partial charge in [-0.05, 0) is 56.6 Å². The lowest BCUT2D eigenvalue weighted by Gasteiger charge is -2.50. The first-order chi connectivity index (χ1) is 20.8. The normalized spacial score (nSPS) is 25.1. The van der Waals surface area contributed by atoms with Gasteiger partial charge in [0.05, 0.1) is 11.6 Å². The van der Waals surface area contributed by atoms with Crippen molar-refractivity contribution in [2.75, 3.05) is 33.1 Å². The minimum atomic E-state index is -2.66. The van der Waals surface area contributed by atoms with Gasteiger partial charge in [-0.3, -0.25) is 19.3 Å². The summed E-state index contributed by atoms with van der Waals surface area (Å²) in [4.78, 5) is 47.9. The SMILES string of the molecule is CN(C)c1cc2nc(-c3cc4ccccc4o3)oc2c2c1C[C@H]1C[C@H]3[C@H](N(C)C)C(=O)C(C(N)=O)=C(O)[C@@]3(O)C(=O)C1=C2O. The van der Waals surface area contributed by atoms with Crippen LogP contribution in [0.1, 0.15) is 17.5 Å². The van der Waals surface area contributed by atoms with Crippen molar-refractivity contribution in [1.29, 1.82) is 0 Å². The van der Waals surface area contributed by atoms with E-state index in [4.69, 9.17) is 14.6 Å². The Morgan fingerprint density at radius 2 is 1.82 bits per heavy atom. The number of anilines is 1. The van der Waals surface area contributed by atoms with Gasteiger partial charge < -0.3 is 34.8 Å². The maximum atomic E-state index is 14.3. The Morgan fingerprint density at radius 1 is 1.09 bits per heavy atom. The standard InChI is InChI=1S/C32H30N4O8/c1-35(2)18-12-17-27(44-31(34-17)20-11-13-7-5-6-8-19(13)43-20)22-15(18)9-14-10-16-24(36(3)4)26(38)23(30(33)41)29(40)32(16,42)28(39)21(14)25(22)37/h5-8,11-12,14,16,24,37,40,42H,9-10H2,1-4H3,(H2,33,41)/t14-,16-,24-,32-/m0/s1. The predicted molar refractivity (Wildman–Crippen MR) is 160 cm³/mol. The number of Topliss-reactive ketones (excluding diaryl/α,β-unsaturated/α-hetero) is 2. The molecule has 12 nitrogen and oxygen atoms in total. The summed E-state index contributed by atoms with van der Waals surface area (Å²) in [5.74, 6) is -5.73. The molecule has 0 radical (unpaired) electrons. The second kappa shape index (κ2) is 9.28. The molecule has 3 aliphatic carbocycles. The largest absolute Gasteiger partial charge is 0.508 e. The number of oxazole rings is 1. The zero-order valence-electron chi connectivity index (χ0n) is 24.4. The van der Waals surface area contributed by atoms with E-state index < -0.39 is 58.0 Å². The number of aromatic nitrogens is 1. The lowest BCUT2D eigenvalue weighted by Crippen LogP contribution is -2.65. The van der Waals surface area contributed by atoms with E-state index in [1.54, 1.807) is 20.2 Å². The number of fused-ring (bicyclic) bond motifs is 6. The Bertz CT molecular complexity index is 1980. The number of benzene rings is 2. The van der Waals surface area contributed by atoms with E-state index in [0.29, 0.717) is 22.4 Å². The molecule has 12 heteroatoms. The van der Waals surface area contributed by atoms with Gasteiger partial charge in [-0.25, -0.2) is 4.98 Å². The molecule has 0 saturated heterocycles. The monoisotopic (exact) mass is 598 g/mol. The van der Waals surface area contributed by atoms with Gasteiger partial charge in [0.25, 0.3) is 11.8 Å². The van der Waals surface area contributed by atoms with Gasteiger partial charge >= 0.3 is 0 Å². The lowest BCUT2D eigenvalue weighted by atomic mass is 9.57. The van der Waals surface area contributed by atoms with Crippen molar-refractivity contribution in [3.8, 4) is 11.7 Å².